The molecule has 0 saturated heterocycles. The van der Waals surface area contributed by atoms with E-state index in [9.17, 15) is 14.4 Å². The Morgan fingerprint density at radius 2 is 1.88 bits per heavy atom. The Balaban J connectivity index is 1.66. The highest BCUT2D eigenvalue weighted by Gasteiger charge is 2.40. The molecule has 1 aromatic carbocycles. The number of benzene rings is 1. The Bertz CT molecular complexity index is 698. The zero-order chi connectivity index (χ0) is 18.5. The Kier molecular flexibility index (Phi) is 5.88. The summed E-state index contributed by atoms with van der Waals surface area (Å²) in [5, 5.41) is 5.43. The minimum Gasteiger partial charge on any atom is -0.385 e. The van der Waals surface area contributed by atoms with Crippen molar-refractivity contribution in [2.75, 3.05) is 25.6 Å². The van der Waals surface area contributed by atoms with Crippen LogP contribution in [0.5, 0.6) is 0 Å². The highest BCUT2D eigenvalue weighted by Crippen LogP contribution is 2.32. The van der Waals surface area contributed by atoms with Gasteiger partial charge < -0.3 is 15.4 Å². The van der Waals surface area contributed by atoms with E-state index in [1.165, 1.54) is 4.90 Å². The maximum atomic E-state index is 12.8. The van der Waals surface area contributed by atoms with Crippen molar-refractivity contribution in [3.63, 3.8) is 0 Å². The molecule has 7 nitrogen and oxygen atoms in total. The van der Waals surface area contributed by atoms with Gasteiger partial charge in [0.05, 0.1) is 11.1 Å². The summed E-state index contributed by atoms with van der Waals surface area (Å²) < 4.78 is 4.93. The van der Waals surface area contributed by atoms with Crippen molar-refractivity contribution < 1.29 is 19.1 Å². The molecule has 0 atom stereocenters. The van der Waals surface area contributed by atoms with Gasteiger partial charge in [0, 0.05) is 32.0 Å². The van der Waals surface area contributed by atoms with Crippen LogP contribution in [0.2, 0.25) is 0 Å². The van der Waals surface area contributed by atoms with Gasteiger partial charge in [-0.05, 0) is 37.5 Å². The van der Waals surface area contributed by atoms with Gasteiger partial charge in [0.1, 0.15) is 0 Å². The van der Waals surface area contributed by atoms with E-state index >= 15 is 0 Å². The molecule has 0 spiro atoms. The van der Waals surface area contributed by atoms with E-state index in [1.807, 2.05) is 0 Å². The number of nitrogens with zero attached hydrogens (tertiary/aromatic N) is 1. The molecule has 2 N–H and O–H groups in total. The maximum Gasteiger partial charge on any atom is 0.319 e. The third-order valence-corrected chi connectivity index (χ3v) is 4.93. The lowest BCUT2D eigenvalue weighted by Crippen LogP contribution is -2.40. The minimum atomic E-state index is -0.345. The number of imide groups is 1. The molecule has 1 fully saturated rings. The van der Waals surface area contributed by atoms with Gasteiger partial charge in [-0.25, -0.2) is 4.79 Å². The second kappa shape index (κ2) is 8.31. The molecule has 140 valence electrons. The van der Waals surface area contributed by atoms with E-state index in [2.05, 4.69) is 10.6 Å². The largest absolute Gasteiger partial charge is 0.385 e. The zero-order valence-electron chi connectivity index (χ0n) is 15.0. The molecule has 3 rings (SSSR count). The Morgan fingerprint density at radius 3 is 2.62 bits per heavy atom. The molecule has 0 aromatic heterocycles. The molecule has 26 heavy (non-hydrogen) atoms. The third-order valence-electron chi connectivity index (χ3n) is 4.93. The first kappa shape index (κ1) is 18.4. The topological polar surface area (TPSA) is 87.7 Å². The van der Waals surface area contributed by atoms with E-state index in [0.717, 1.165) is 38.5 Å². The summed E-state index contributed by atoms with van der Waals surface area (Å²) in [6.45, 7) is 1.07. The van der Waals surface area contributed by atoms with E-state index in [4.69, 9.17) is 4.74 Å². The fraction of sp³-hybridized carbons (Fsp3) is 0.526. The zero-order valence-corrected chi connectivity index (χ0v) is 15.0. The molecule has 0 unspecified atom stereocenters. The molecule has 0 radical (unpaired) electrons. The second-order valence-corrected chi connectivity index (χ2v) is 6.76. The van der Waals surface area contributed by atoms with Crippen molar-refractivity contribution in [1.29, 1.82) is 0 Å². The van der Waals surface area contributed by atoms with Gasteiger partial charge in [0.15, 0.2) is 0 Å². The van der Waals surface area contributed by atoms with Crippen LogP contribution >= 0.6 is 0 Å². The van der Waals surface area contributed by atoms with E-state index < -0.39 is 0 Å². The standard InChI is InChI=1S/C19H25N3O4/c1-26-11-5-10-20-19(25)21-13-8-9-15-16(12-13)18(24)22(17(15)23)14-6-3-2-4-7-14/h8-9,12,14H,2-7,10-11H2,1H3,(H2,20,21,25). The van der Waals surface area contributed by atoms with Crippen LogP contribution in [0.3, 0.4) is 0 Å². The molecule has 2 aliphatic rings. The maximum absolute atomic E-state index is 12.8. The van der Waals surface area contributed by atoms with Crippen molar-refractivity contribution in [3.8, 4) is 0 Å². The molecule has 0 bridgehead atoms. The normalized spacial score (nSPS) is 17.3. The number of ether oxygens (including phenoxy) is 1. The monoisotopic (exact) mass is 359 g/mol. The minimum absolute atomic E-state index is 0.00311. The lowest BCUT2D eigenvalue weighted by molar-refractivity contribution is 0.0549. The smallest absolute Gasteiger partial charge is 0.319 e. The fourth-order valence-corrected chi connectivity index (χ4v) is 3.60. The predicted octanol–water partition coefficient (Wildman–Crippen LogP) is 2.77. The Hall–Kier alpha value is -2.41. The number of hydrogen-bond acceptors (Lipinski definition) is 4. The summed E-state index contributed by atoms with van der Waals surface area (Å²) in [6, 6.07) is 4.52. The van der Waals surface area contributed by atoms with Gasteiger partial charge >= 0.3 is 6.03 Å². The predicted molar refractivity (Wildman–Crippen MR) is 97.3 cm³/mol. The number of amides is 4. The number of fused-ring (bicyclic) bond motifs is 1. The van der Waals surface area contributed by atoms with Gasteiger partial charge in [-0.1, -0.05) is 19.3 Å². The lowest BCUT2D eigenvalue weighted by atomic mass is 9.94. The summed E-state index contributed by atoms with van der Waals surface area (Å²) in [5.74, 6) is -0.464. The average Bonchev–Trinajstić information content (AvgIpc) is 2.90. The summed E-state index contributed by atoms with van der Waals surface area (Å²) in [6.07, 6.45) is 5.73. The van der Waals surface area contributed by atoms with E-state index in [1.54, 1.807) is 25.3 Å². The number of urea groups is 1. The summed E-state index contributed by atoms with van der Waals surface area (Å²) in [4.78, 5) is 38.7. The van der Waals surface area contributed by atoms with Gasteiger partial charge in [-0.2, -0.15) is 0 Å². The molecule has 4 amide bonds. The Morgan fingerprint density at radius 1 is 1.15 bits per heavy atom. The van der Waals surface area contributed by atoms with Crippen molar-refractivity contribution in [2.24, 2.45) is 0 Å². The number of methoxy groups -OCH3 is 1. The van der Waals surface area contributed by atoms with Gasteiger partial charge in [0.25, 0.3) is 11.8 Å². The highest BCUT2D eigenvalue weighted by atomic mass is 16.5. The van der Waals surface area contributed by atoms with Gasteiger partial charge in [-0.15, -0.1) is 0 Å². The Labute approximate surface area is 153 Å². The molecule has 1 heterocycles. The van der Waals surface area contributed by atoms with Gasteiger partial charge in [-0.3, -0.25) is 14.5 Å². The molecule has 7 heteroatoms. The summed E-state index contributed by atoms with van der Waals surface area (Å²) in [7, 11) is 1.61. The highest BCUT2D eigenvalue weighted by molar-refractivity contribution is 6.22. The van der Waals surface area contributed by atoms with Crippen molar-refractivity contribution in [1.82, 2.24) is 10.2 Å². The van der Waals surface area contributed by atoms with Crippen LogP contribution in [0.4, 0.5) is 10.5 Å². The van der Waals surface area contributed by atoms with Crippen molar-refractivity contribution >= 4 is 23.5 Å². The van der Waals surface area contributed by atoms with Crippen LogP contribution in [0, 0.1) is 0 Å². The number of hydrogen-bond donors (Lipinski definition) is 2. The lowest BCUT2D eigenvalue weighted by Gasteiger charge is -2.29. The first-order valence-corrected chi connectivity index (χ1v) is 9.17. The summed E-state index contributed by atoms with van der Waals surface area (Å²) >= 11 is 0. The van der Waals surface area contributed by atoms with Crippen LogP contribution in [-0.4, -0.2) is 49.0 Å². The fourth-order valence-electron chi connectivity index (χ4n) is 3.60. The van der Waals surface area contributed by atoms with Gasteiger partial charge in [0.2, 0.25) is 0 Å². The van der Waals surface area contributed by atoms with Crippen LogP contribution in [0.15, 0.2) is 18.2 Å². The summed E-state index contributed by atoms with van der Waals surface area (Å²) in [5.41, 5.74) is 1.30. The molecular formula is C19H25N3O4. The number of rotatable bonds is 6. The van der Waals surface area contributed by atoms with Crippen LogP contribution in [-0.2, 0) is 4.74 Å². The van der Waals surface area contributed by atoms with Crippen molar-refractivity contribution in [2.45, 2.75) is 44.6 Å². The first-order chi connectivity index (χ1) is 12.6. The second-order valence-electron chi connectivity index (χ2n) is 6.76. The van der Waals surface area contributed by atoms with Crippen LogP contribution in [0.1, 0.15) is 59.2 Å². The molecule has 1 saturated carbocycles. The van der Waals surface area contributed by atoms with E-state index in [-0.39, 0.29) is 23.9 Å². The molecule has 1 aliphatic carbocycles. The number of anilines is 1. The van der Waals surface area contributed by atoms with Crippen molar-refractivity contribution in [3.05, 3.63) is 29.3 Å². The van der Waals surface area contributed by atoms with Crippen LogP contribution < -0.4 is 10.6 Å². The average molecular weight is 359 g/mol. The third kappa shape index (κ3) is 3.88. The van der Waals surface area contributed by atoms with E-state index in [0.29, 0.717) is 30.0 Å². The number of carbonyl (C=O) groups is 3. The number of nitrogens with one attached hydrogen (secondary N) is 2. The van der Waals surface area contributed by atoms with Crippen LogP contribution in [0.25, 0.3) is 0 Å². The molecule has 1 aromatic rings. The molecular weight excluding hydrogens is 334 g/mol. The quantitative estimate of drug-likeness (QED) is 0.604. The number of carbonyl (C=O) groups excluding carboxylic acids is 3. The SMILES string of the molecule is COCCCNC(=O)Nc1ccc2c(c1)C(=O)N(C1CCCCC1)C2=O. The molecule has 1 aliphatic heterocycles. The first-order valence-electron chi connectivity index (χ1n) is 9.17.